The second-order valence-electron chi connectivity index (χ2n) is 19.1. The number of pyridine rings is 1. The molecule has 0 saturated heterocycles. The van der Waals surface area contributed by atoms with Gasteiger partial charge in [-0.3, -0.25) is 4.57 Å². The summed E-state index contributed by atoms with van der Waals surface area (Å²) in [6.45, 7) is 21.1. The number of rotatable bonds is 6. The minimum Gasteiger partial charge on any atom is -0.457 e. The van der Waals surface area contributed by atoms with E-state index >= 15 is 0 Å². The summed E-state index contributed by atoms with van der Waals surface area (Å²) in [6.07, 6.45) is 1.93. The van der Waals surface area contributed by atoms with Crippen LogP contribution in [0.1, 0.15) is 79.0 Å². The summed E-state index contributed by atoms with van der Waals surface area (Å²) in [6, 6.07) is 52.7. The normalized spacial score (nSPS) is 13.4. The fraction of sp³-hybridized carbons (Fsp3) is 0.241. The van der Waals surface area contributed by atoms with Crippen LogP contribution < -0.4 is 14.5 Å². The molecule has 0 spiro atoms. The van der Waals surface area contributed by atoms with Crippen molar-refractivity contribution in [2.75, 3.05) is 16.5 Å². The van der Waals surface area contributed by atoms with Crippen molar-refractivity contribution >= 4 is 44.6 Å². The molecule has 0 saturated carbocycles. The van der Waals surface area contributed by atoms with Crippen LogP contribution in [0.5, 0.6) is 11.5 Å². The lowest BCUT2D eigenvalue weighted by Crippen LogP contribution is -2.24. The van der Waals surface area contributed by atoms with Crippen molar-refractivity contribution in [3.8, 4) is 28.4 Å². The summed E-state index contributed by atoms with van der Waals surface area (Å²) >= 11 is 0. The fourth-order valence-electron chi connectivity index (χ4n) is 8.29. The molecule has 3 heterocycles. The first kappa shape index (κ1) is 38.2. The van der Waals surface area contributed by atoms with E-state index < -0.39 is 0 Å². The average Bonchev–Trinajstić information content (AvgIpc) is 3.76. The Morgan fingerprint density at radius 1 is 0.458 bits per heavy atom. The van der Waals surface area contributed by atoms with Gasteiger partial charge < -0.3 is 14.5 Å². The van der Waals surface area contributed by atoms with Gasteiger partial charge in [-0.15, -0.1) is 0 Å². The molecule has 8 aromatic rings. The van der Waals surface area contributed by atoms with Gasteiger partial charge in [-0.25, -0.2) is 4.98 Å². The minimum atomic E-state index is -0.114. The van der Waals surface area contributed by atoms with Crippen LogP contribution in [0.4, 0.5) is 22.7 Å². The Bertz CT molecular complexity index is 2850. The number of para-hydroxylation sites is 1. The predicted molar refractivity (Wildman–Crippen MR) is 249 cm³/mol. The number of nitrogens with zero attached hydrogens (tertiary/aromatic N) is 4. The molecule has 0 aliphatic carbocycles. The van der Waals surface area contributed by atoms with Gasteiger partial charge in [-0.2, -0.15) is 0 Å². The molecule has 0 fully saturated rings. The lowest BCUT2D eigenvalue weighted by atomic mass is 9.86. The third kappa shape index (κ3) is 7.24. The molecule has 5 nitrogen and oxygen atoms in total. The molecule has 0 bridgehead atoms. The Kier molecular flexibility index (Phi) is 9.19. The lowest BCUT2D eigenvalue weighted by Gasteiger charge is -2.26. The lowest BCUT2D eigenvalue weighted by molar-refractivity contribution is 0.479. The third-order valence-electron chi connectivity index (χ3n) is 11.8. The molecule has 0 N–H and O–H groups in total. The summed E-state index contributed by atoms with van der Waals surface area (Å²) in [7, 11) is 0. The summed E-state index contributed by atoms with van der Waals surface area (Å²) in [5, 5.41) is 2.36. The Balaban J connectivity index is 1.14. The van der Waals surface area contributed by atoms with Crippen LogP contribution in [0.3, 0.4) is 0 Å². The first-order valence-electron chi connectivity index (χ1n) is 20.8. The number of ether oxygens (including phenoxy) is 1. The molecule has 296 valence electrons. The van der Waals surface area contributed by atoms with Crippen LogP contribution >= 0.6 is 0 Å². The third-order valence-corrected chi connectivity index (χ3v) is 11.8. The first-order valence-corrected chi connectivity index (χ1v) is 20.8. The number of hydrogen-bond donors (Lipinski definition) is 0. The van der Waals surface area contributed by atoms with Crippen LogP contribution in [0, 0.1) is 0 Å². The van der Waals surface area contributed by atoms with Crippen molar-refractivity contribution in [2.45, 2.75) is 78.6 Å². The molecule has 9 rings (SSSR count). The zero-order chi connectivity index (χ0) is 41.3. The molecular weight excluding hydrogens is 721 g/mol. The standard InChI is InChI=1S/C54H54N4O/c1-52(2,3)38-22-25-48-50(31-38)56(41-19-15-18-37(28-41)36-16-11-10-12-17-36)35-57(48)42-29-40(54(7,8)9)30-44(33-42)59-43-23-24-46-45-20-13-14-21-47(45)58(49(46)34-43)51-32-39(26-27-55-51)53(4,5)6/h10-34H,35H2,1-9H3. The molecule has 0 amide bonds. The molecule has 59 heavy (non-hydrogen) atoms. The van der Waals surface area contributed by atoms with E-state index in [0.717, 1.165) is 39.7 Å². The molecular formula is C54H54N4O. The van der Waals surface area contributed by atoms with E-state index in [0.29, 0.717) is 6.67 Å². The van der Waals surface area contributed by atoms with Gasteiger partial charge in [0, 0.05) is 40.5 Å². The number of anilines is 4. The van der Waals surface area contributed by atoms with Crippen LogP contribution in [-0.2, 0) is 16.2 Å². The van der Waals surface area contributed by atoms with Crippen LogP contribution in [-0.4, -0.2) is 16.2 Å². The van der Waals surface area contributed by atoms with Gasteiger partial charge in [0.1, 0.15) is 24.0 Å². The summed E-state index contributed by atoms with van der Waals surface area (Å²) in [5.41, 5.74) is 12.9. The maximum absolute atomic E-state index is 6.94. The smallest absolute Gasteiger partial charge is 0.137 e. The van der Waals surface area contributed by atoms with Gasteiger partial charge in [0.15, 0.2) is 0 Å². The van der Waals surface area contributed by atoms with E-state index in [-0.39, 0.29) is 16.2 Å². The molecule has 0 atom stereocenters. The minimum absolute atomic E-state index is 0.00539. The maximum Gasteiger partial charge on any atom is 0.137 e. The second kappa shape index (κ2) is 14.2. The maximum atomic E-state index is 6.94. The Labute approximate surface area is 349 Å². The van der Waals surface area contributed by atoms with Crippen molar-refractivity contribution in [3.63, 3.8) is 0 Å². The largest absolute Gasteiger partial charge is 0.457 e. The number of benzene rings is 6. The van der Waals surface area contributed by atoms with Crippen molar-refractivity contribution in [1.29, 1.82) is 0 Å². The highest BCUT2D eigenvalue weighted by molar-refractivity contribution is 6.09. The highest BCUT2D eigenvalue weighted by atomic mass is 16.5. The monoisotopic (exact) mass is 774 g/mol. The molecule has 0 radical (unpaired) electrons. The molecule has 6 aromatic carbocycles. The Morgan fingerprint density at radius 2 is 1.14 bits per heavy atom. The summed E-state index contributed by atoms with van der Waals surface area (Å²) in [5.74, 6) is 2.49. The van der Waals surface area contributed by atoms with E-state index in [2.05, 4.69) is 222 Å². The average molecular weight is 775 g/mol. The van der Waals surface area contributed by atoms with E-state index in [1.54, 1.807) is 0 Å². The molecule has 2 aromatic heterocycles. The van der Waals surface area contributed by atoms with Gasteiger partial charge in [0.2, 0.25) is 0 Å². The second-order valence-corrected chi connectivity index (χ2v) is 19.1. The van der Waals surface area contributed by atoms with Crippen molar-refractivity contribution in [3.05, 3.63) is 168 Å². The van der Waals surface area contributed by atoms with Crippen molar-refractivity contribution in [1.82, 2.24) is 9.55 Å². The SMILES string of the molecule is CC(C)(C)c1cc(Oc2ccc3c4ccccc4n(-c4cc(C(C)(C)C)ccn4)c3c2)cc(N2CN(c3cccc(-c4ccccc4)c3)c3cc(C(C)(C)C)ccc32)c1. The zero-order valence-electron chi connectivity index (χ0n) is 35.8. The Morgan fingerprint density at radius 3 is 1.90 bits per heavy atom. The molecule has 1 aliphatic rings. The van der Waals surface area contributed by atoms with E-state index in [1.807, 2.05) is 6.20 Å². The zero-order valence-corrected chi connectivity index (χ0v) is 35.8. The summed E-state index contributed by atoms with van der Waals surface area (Å²) < 4.78 is 9.22. The van der Waals surface area contributed by atoms with Gasteiger partial charge in [-0.1, -0.05) is 129 Å². The van der Waals surface area contributed by atoms with Gasteiger partial charge in [0.05, 0.1) is 22.4 Å². The van der Waals surface area contributed by atoms with Gasteiger partial charge in [0.25, 0.3) is 0 Å². The molecule has 0 unspecified atom stereocenters. The van der Waals surface area contributed by atoms with Gasteiger partial charge in [-0.05, 0) is 111 Å². The Hall–Kier alpha value is -6.33. The summed E-state index contributed by atoms with van der Waals surface area (Å²) in [4.78, 5) is 9.80. The van der Waals surface area contributed by atoms with E-state index in [1.165, 1.54) is 50.0 Å². The van der Waals surface area contributed by atoms with Crippen LogP contribution in [0.2, 0.25) is 0 Å². The topological polar surface area (TPSA) is 33.5 Å². The van der Waals surface area contributed by atoms with Crippen molar-refractivity contribution < 1.29 is 4.74 Å². The first-order chi connectivity index (χ1) is 28.1. The number of aromatic nitrogens is 2. The number of hydrogen-bond acceptors (Lipinski definition) is 4. The quantitative estimate of drug-likeness (QED) is 0.168. The van der Waals surface area contributed by atoms with E-state index in [9.17, 15) is 0 Å². The predicted octanol–water partition coefficient (Wildman–Crippen LogP) is 14.8. The molecule has 1 aliphatic heterocycles. The van der Waals surface area contributed by atoms with E-state index in [4.69, 9.17) is 9.72 Å². The highest BCUT2D eigenvalue weighted by Gasteiger charge is 2.31. The number of fused-ring (bicyclic) bond motifs is 4. The fourth-order valence-corrected chi connectivity index (χ4v) is 8.29. The highest BCUT2D eigenvalue weighted by Crippen LogP contribution is 2.48. The van der Waals surface area contributed by atoms with Crippen molar-refractivity contribution in [2.24, 2.45) is 0 Å². The van der Waals surface area contributed by atoms with Crippen LogP contribution in [0.25, 0.3) is 38.8 Å². The molecule has 5 heteroatoms. The van der Waals surface area contributed by atoms with Gasteiger partial charge >= 0.3 is 0 Å². The van der Waals surface area contributed by atoms with Crippen LogP contribution in [0.15, 0.2) is 152 Å².